The summed E-state index contributed by atoms with van der Waals surface area (Å²) in [5.74, 6) is 6.07. The Hall–Kier alpha value is -1.59. The maximum Gasteiger partial charge on any atom is 0.113 e. The van der Waals surface area contributed by atoms with E-state index in [1.807, 2.05) is 42.5 Å². The Labute approximate surface area is 97.3 Å². The minimum absolute atomic E-state index is 0.789. The maximum absolute atomic E-state index is 4.13. The number of pyridine rings is 1. The van der Waals surface area contributed by atoms with E-state index in [2.05, 4.69) is 32.8 Å². The van der Waals surface area contributed by atoms with E-state index in [9.17, 15) is 0 Å². The summed E-state index contributed by atoms with van der Waals surface area (Å²) >= 11 is 3.40. The molecule has 1 nitrogen and oxygen atoms in total. The lowest BCUT2D eigenvalue weighted by Crippen LogP contribution is -1.79. The predicted molar refractivity (Wildman–Crippen MR) is 64.4 cm³/mol. The van der Waals surface area contributed by atoms with Gasteiger partial charge in [0.25, 0.3) is 0 Å². The minimum Gasteiger partial charge on any atom is -0.248 e. The van der Waals surface area contributed by atoms with Gasteiger partial charge in [-0.15, -0.1) is 0 Å². The monoisotopic (exact) mass is 257 g/mol. The van der Waals surface area contributed by atoms with Gasteiger partial charge in [-0.05, 0) is 36.3 Å². The molecule has 0 amide bonds. The van der Waals surface area contributed by atoms with Gasteiger partial charge in [0, 0.05) is 16.2 Å². The highest BCUT2D eigenvalue weighted by Crippen LogP contribution is 2.10. The Morgan fingerprint density at radius 3 is 2.67 bits per heavy atom. The zero-order chi connectivity index (χ0) is 10.5. The first-order chi connectivity index (χ1) is 7.34. The second-order valence-corrected chi connectivity index (χ2v) is 3.89. The number of hydrogen-bond acceptors (Lipinski definition) is 1. The quantitative estimate of drug-likeness (QED) is 0.661. The SMILES string of the molecule is Brc1cccc(C#Cc2ccccn2)c1. The molecule has 0 aliphatic heterocycles. The second kappa shape index (κ2) is 4.77. The first-order valence-corrected chi connectivity index (χ1v) is 5.32. The lowest BCUT2D eigenvalue weighted by molar-refractivity contribution is 1.29. The fourth-order valence-electron chi connectivity index (χ4n) is 1.14. The molecular formula is C13H8BrN. The van der Waals surface area contributed by atoms with Crippen molar-refractivity contribution < 1.29 is 0 Å². The van der Waals surface area contributed by atoms with Crippen molar-refractivity contribution in [2.45, 2.75) is 0 Å². The summed E-state index contributed by atoms with van der Waals surface area (Å²) in [6.45, 7) is 0. The van der Waals surface area contributed by atoms with E-state index in [0.717, 1.165) is 15.7 Å². The van der Waals surface area contributed by atoms with Crippen LogP contribution >= 0.6 is 15.9 Å². The van der Waals surface area contributed by atoms with Crippen molar-refractivity contribution in [2.24, 2.45) is 0 Å². The van der Waals surface area contributed by atoms with Gasteiger partial charge < -0.3 is 0 Å². The van der Waals surface area contributed by atoms with Gasteiger partial charge in [0.05, 0.1) is 0 Å². The molecule has 2 aromatic rings. The maximum atomic E-state index is 4.13. The van der Waals surface area contributed by atoms with E-state index in [-0.39, 0.29) is 0 Å². The van der Waals surface area contributed by atoms with Crippen molar-refractivity contribution in [1.29, 1.82) is 0 Å². The van der Waals surface area contributed by atoms with Gasteiger partial charge >= 0.3 is 0 Å². The summed E-state index contributed by atoms with van der Waals surface area (Å²) in [5.41, 5.74) is 1.77. The van der Waals surface area contributed by atoms with Crippen molar-refractivity contribution in [2.75, 3.05) is 0 Å². The van der Waals surface area contributed by atoms with Crippen LogP contribution in [0.5, 0.6) is 0 Å². The van der Waals surface area contributed by atoms with Crippen LogP contribution in [-0.4, -0.2) is 4.98 Å². The number of benzene rings is 1. The molecule has 0 aliphatic carbocycles. The zero-order valence-corrected chi connectivity index (χ0v) is 9.53. The Morgan fingerprint density at radius 2 is 1.93 bits per heavy atom. The summed E-state index contributed by atoms with van der Waals surface area (Å²) in [7, 11) is 0. The van der Waals surface area contributed by atoms with Crippen LogP contribution in [0, 0.1) is 11.8 Å². The predicted octanol–water partition coefficient (Wildman–Crippen LogP) is 3.24. The third kappa shape index (κ3) is 2.93. The average Bonchev–Trinajstić information content (AvgIpc) is 2.28. The summed E-state index contributed by atoms with van der Waals surface area (Å²) in [5, 5.41) is 0. The molecule has 72 valence electrons. The van der Waals surface area contributed by atoms with Crippen LogP contribution in [0.3, 0.4) is 0 Å². The normalized spacial score (nSPS) is 9.13. The van der Waals surface area contributed by atoms with Crippen LogP contribution in [0.4, 0.5) is 0 Å². The number of nitrogens with zero attached hydrogens (tertiary/aromatic N) is 1. The van der Waals surface area contributed by atoms with E-state index in [0.29, 0.717) is 0 Å². The van der Waals surface area contributed by atoms with Gasteiger partial charge in [-0.1, -0.05) is 34.0 Å². The minimum atomic E-state index is 0.789. The van der Waals surface area contributed by atoms with Crippen molar-refractivity contribution in [1.82, 2.24) is 4.98 Å². The molecule has 0 radical (unpaired) electrons. The van der Waals surface area contributed by atoms with Crippen molar-refractivity contribution in [3.8, 4) is 11.8 Å². The Morgan fingerprint density at radius 1 is 1.00 bits per heavy atom. The van der Waals surface area contributed by atoms with Gasteiger partial charge in [-0.3, -0.25) is 0 Å². The summed E-state index contributed by atoms with van der Waals surface area (Å²) < 4.78 is 1.04. The van der Waals surface area contributed by atoms with Crippen LogP contribution in [0.25, 0.3) is 0 Å². The highest BCUT2D eigenvalue weighted by Gasteiger charge is 1.88. The Balaban J connectivity index is 2.26. The van der Waals surface area contributed by atoms with Crippen LogP contribution in [0.15, 0.2) is 53.1 Å². The van der Waals surface area contributed by atoms with Crippen LogP contribution in [-0.2, 0) is 0 Å². The number of hydrogen-bond donors (Lipinski definition) is 0. The molecule has 2 heteroatoms. The van der Waals surface area contributed by atoms with Crippen LogP contribution < -0.4 is 0 Å². The fraction of sp³-hybridized carbons (Fsp3) is 0. The zero-order valence-electron chi connectivity index (χ0n) is 7.94. The summed E-state index contributed by atoms with van der Waals surface area (Å²) in [6.07, 6.45) is 1.74. The standard InChI is InChI=1S/C13H8BrN/c14-12-5-3-4-11(10-12)7-8-13-6-1-2-9-15-13/h1-6,9-10H. The molecule has 0 fully saturated rings. The van der Waals surface area contributed by atoms with Crippen LogP contribution in [0.1, 0.15) is 11.3 Å². The topological polar surface area (TPSA) is 12.9 Å². The van der Waals surface area contributed by atoms with Gasteiger partial charge in [-0.2, -0.15) is 0 Å². The fourth-order valence-corrected chi connectivity index (χ4v) is 1.54. The molecule has 1 heterocycles. The first kappa shape index (κ1) is 9.95. The number of aromatic nitrogens is 1. The highest BCUT2D eigenvalue weighted by atomic mass is 79.9. The molecule has 0 aliphatic rings. The van der Waals surface area contributed by atoms with Crippen LogP contribution in [0.2, 0.25) is 0 Å². The van der Waals surface area contributed by atoms with Crippen molar-refractivity contribution in [3.05, 3.63) is 64.4 Å². The van der Waals surface area contributed by atoms with E-state index in [4.69, 9.17) is 0 Å². The first-order valence-electron chi connectivity index (χ1n) is 4.53. The largest absolute Gasteiger partial charge is 0.248 e. The summed E-state index contributed by atoms with van der Waals surface area (Å²) in [4.78, 5) is 4.13. The van der Waals surface area contributed by atoms with E-state index in [1.54, 1.807) is 6.20 Å². The molecular weight excluding hydrogens is 250 g/mol. The molecule has 0 saturated heterocycles. The molecule has 0 spiro atoms. The number of rotatable bonds is 0. The third-order valence-electron chi connectivity index (χ3n) is 1.82. The molecule has 0 unspecified atom stereocenters. The van der Waals surface area contributed by atoms with E-state index >= 15 is 0 Å². The lowest BCUT2D eigenvalue weighted by atomic mass is 10.2. The van der Waals surface area contributed by atoms with Crippen molar-refractivity contribution >= 4 is 15.9 Å². The molecule has 1 aromatic heterocycles. The van der Waals surface area contributed by atoms with E-state index in [1.165, 1.54) is 0 Å². The summed E-state index contributed by atoms with van der Waals surface area (Å²) in [6, 6.07) is 13.6. The lowest BCUT2D eigenvalue weighted by Gasteiger charge is -1.91. The van der Waals surface area contributed by atoms with Crippen molar-refractivity contribution in [3.63, 3.8) is 0 Å². The molecule has 0 saturated carbocycles. The molecule has 0 bridgehead atoms. The average molecular weight is 258 g/mol. The Kier molecular flexibility index (Phi) is 3.16. The highest BCUT2D eigenvalue weighted by molar-refractivity contribution is 9.10. The Bertz CT molecular complexity index is 509. The molecule has 15 heavy (non-hydrogen) atoms. The molecule has 0 N–H and O–H groups in total. The molecule has 1 aromatic carbocycles. The van der Waals surface area contributed by atoms with E-state index < -0.39 is 0 Å². The third-order valence-corrected chi connectivity index (χ3v) is 2.32. The molecule has 2 rings (SSSR count). The van der Waals surface area contributed by atoms with Gasteiger partial charge in [0.2, 0.25) is 0 Å². The smallest absolute Gasteiger partial charge is 0.113 e. The molecule has 0 atom stereocenters. The van der Waals surface area contributed by atoms with Gasteiger partial charge in [-0.25, -0.2) is 4.98 Å². The number of halogens is 1. The van der Waals surface area contributed by atoms with Gasteiger partial charge in [0.1, 0.15) is 5.69 Å². The van der Waals surface area contributed by atoms with Gasteiger partial charge in [0.15, 0.2) is 0 Å². The second-order valence-electron chi connectivity index (χ2n) is 2.98.